The minimum absolute atomic E-state index is 0.275. The van der Waals surface area contributed by atoms with Gasteiger partial charge in [-0.05, 0) is 24.1 Å². The summed E-state index contributed by atoms with van der Waals surface area (Å²) in [5.41, 5.74) is 0.966. The van der Waals surface area contributed by atoms with Crippen molar-refractivity contribution in [2.24, 2.45) is 5.92 Å². The van der Waals surface area contributed by atoms with Crippen molar-refractivity contribution >= 4 is 17.7 Å². The fraction of sp³-hybridized carbons (Fsp3) is 0.417. The van der Waals surface area contributed by atoms with E-state index >= 15 is 0 Å². The van der Waals surface area contributed by atoms with Gasteiger partial charge in [0.2, 0.25) is 0 Å². The quantitative estimate of drug-likeness (QED) is 0.793. The second-order valence-electron chi connectivity index (χ2n) is 4.39. The van der Waals surface area contributed by atoms with Crippen LogP contribution in [0.5, 0.6) is 5.75 Å². The number of nitrogens with zero attached hydrogens (tertiary/aromatic N) is 1. The topological polar surface area (TPSA) is 29.5 Å². The summed E-state index contributed by atoms with van der Waals surface area (Å²) < 4.78 is 5.23. The van der Waals surface area contributed by atoms with E-state index in [9.17, 15) is 4.79 Å². The molecule has 0 bridgehead atoms. The predicted octanol–water partition coefficient (Wildman–Crippen LogP) is 3.31. The van der Waals surface area contributed by atoms with E-state index in [-0.39, 0.29) is 6.09 Å². The van der Waals surface area contributed by atoms with Crippen LogP contribution in [0.1, 0.15) is 19.4 Å². The fourth-order valence-electron chi connectivity index (χ4n) is 1.78. The van der Waals surface area contributed by atoms with Gasteiger partial charge in [-0.15, -0.1) is 0 Å². The Morgan fingerprint density at radius 2 is 2.25 bits per heavy atom. The first-order valence-corrected chi connectivity index (χ1v) is 5.69. The summed E-state index contributed by atoms with van der Waals surface area (Å²) in [5, 5.41) is 0.668. The molecular formula is C12H14ClNO2. The second-order valence-corrected chi connectivity index (χ2v) is 4.83. The Hall–Kier alpha value is -1.22. The van der Waals surface area contributed by atoms with E-state index in [2.05, 4.69) is 13.8 Å². The van der Waals surface area contributed by atoms with Crippen LogP contribution in [-0.2, 0) is 6.54 Å². The van der Waals surface area contributed by atoms with Crippen molar-refractivity contribution in [3.8, 4) is 5.75 Å². The number of fused-ring (bicyclic) bond motifs is 1. The minimum atomic E-state index is -0.275. The normalized spacial score (nSPS) is 15.0. The molecule has 0 saturated carbocycles. The molecule has 0 saturated heterocycles. The lowest BCUT2D eigenvalue weighted by molar-refractivity contribution is 0.132. The molecule has 1 aromatic rings. The number of amides is 1. The maximum Gasteiger partial charge on any atom is 0.415 e. The zero-order valence-electron chi connectivity index (χ0n) is 9.37. The number of ether oxygens (including phenoxy) is 1. The third-order valence-electron chi connectivity index (χ3n) is 2.42. The fourth-order valence-corrected chi connectivity index (χ4v) is 1.97. The van der Waals surface area contributed by atoms with Crippen LogP contribution < -0.4 is 4.74 Å². The van der Waals surface area contributed by atoms with E-state index in [4.69, 9.17) is 16.3 Å². The van der Waals surface area contributed by atoms with Crippen molar-refractivity contribution in [3.63, 3.8) is 0 Å². The van der Waals surface area contributed by atoms with Crippen molar-refractivity contribution in [2.45, 2.75) is 20.4 Å². The van der Waals surface area contributed by atoms with E-state index in [0.717, 1.165) is 5.56 Å². The molecule has 2 rings (SSSR count). The molecule has 0 aromatic heterocycles. The lowest BCUT2D eigenvalue weighted by Gasteiger charge is -2.29. The number of carbonyl (C=O) groups is 1. The average Bonchev–Trinajstić information content (AvgIpc) is 2.19. The van der Waals surface area contributed by atoms with E-state index in [1.165, 1.54) is 0 Å². The third kappa shape index (κ3) is 2.30. The summed E-state index contributed by atoms with van der Waals surface area (Å²) in [5.74, 6) is 1.04. The summed E-state index contributed by atoms with van der Waals surface area (Å²) in [6, 6.07) is 5.31. The maximum atomic E-state index is 11.6. The maximum absolute atomic E-state index is 11.6. The van der Waals surface area contributed by atoms with Gasteiger partial charge in [-0.3, -0.25) is 0 Å². The molecule has 16 heavy (non-hydrogen) atoms. The number of rotatable bonds is 2. The van der Waals surface area contributed by atoms with Crippen molar-refractivity contribution in [3.05, 3.63) is 28.8 Å². The molecule has 0 aliphatic carbocycles. The van der Waals surface area contributed by atoms with Crippen LogP contribution in [0.25, 0.3) is 0 Å². The standard InChI is InChI=1S/C12H14ClNO2/c1-8(2)6-14-7-9-5-10(13)3-4-11(9)16-12(14)15/h3-5,8H,6-7H2,1-2H3. The molecule has 3 nitrogen and oxygen atoms in total. The molecule has 0 N–H and O–H groups in total. The van der Waals surface area contributed by atoms with Crippen molar-refractivity contribution in [1.29, 1.82) is 0 Å². The summed E-state index contributed by atoms with van der Waals surface area (Å²) in [4.78, 5) is 13.3. The highest BCUT2D eigenvalue weighted by atomic mass is 35.5. The molecule has 0 radical (unpaired) electrons. The molecule has 4 heteroatoms. The molecule has 0 atom stereocenters. The van der Waals surface area contributed by atoms with Crippen LogP contribution in [-0.4, -0.2) is 17.5 Å². The zero-order valence-corrected chi connectivity index (χ0v) is 10.1. The van der Waals surface area contributed by atoms with Crippen molar-refractivity contribution in [2.75, 3.05) is 6.54 Å². The highest BCUT2D eigenvalue weighted by Crippen LogP contribution is 2.28. The molecule has 1 aromatic carbocycles. The molecule has 1 aliphatic heterocycles. The predicted molar refractivity (Wildman–Crippen MR) is 62.7 cm³/mol. The first-order valence-electron chi connectivity index (χ1n) is 5.31. The monoisotopic (exact) mass is 239 g/mol. The molecule has 1 aliphatic rings. The van der Waals surface area contributed by atoms with Crippen molar-refractivity contribution in [1.82, 2.24) is 4.90 Å². The Kier molecular flexibility index (Phi) is 3.06. The summed E-state index contributed by atoms with van der Waals surface area (Å²) in [6.07, 6.45) is -0.275. The first kappa shape index (κ1) is 11.3. The van der Waals surface area contributed by atoms with Gasteiger partial charge < -0.3 is 9.64 Å². The third-order valence-corrected chi connectivity index (χ3v) is 2.66. The van der Waals surface area contributed by atoms with Gasteiger partial charge in [-0.25, -0.2) is 4.79 Å². The molecule has 86 valence electrons. The van der Waals surface area contributed by atoms with Gasteiger partial charge in [0.15, 0.2) is 0 Å². The number of benzene rings is 1. The number of hydrogen-bond acceptors (Lipinski definition) is 2. The van der Waals surface area contributed by atoms with E-state index < -0.39 is 0 Å². The van der Waals surface area contributed by atoms with Gasteiger partial charge in [-0.2, -0.15) is 0 Å². The lowest BCUT2D eigenvalue weighted by Crippen LogP contribution is -2.39. The lowest BCUT2D eigenvalue weighted by atomic mass is 10.1. The molecule has 0 unspecified atom stereocenters. The Labute approximate surface area is 100.0 Å². The number of carbonyl (C=O) groups excluding carboxylic acids is 1. The van der Waals surface area contributed by atoms with Gasteiger partial charge in [-0.1, -0.05) is 25.4 Å². The molecular weight excluding hydrogens is 226 g/mol. The second kappa shape index (κ2) is 4.34. The van der Waals surface area contributed by atoms with Crippen molar-refractivity contribution < 1.29 is 9.53 Å². The van der Waals surface area contributed by atoms with Crippen LogP contribution in [0, 0.1) is 5.92 Å². The molecule has 1 heterocycles. The van der Waals surface area contributed by atoms with Gasteiger partial charge in [0.25, 0.3) is 0 Å². The molecule has 0 fully saturated rings. The highest BCUT2D eigenvalue weighted by molar-refractivity contribution is 6.30. The Bertz CT molecular complexity index is 417. The van der Waals surface area contributed by atoms with Gasteiger partial charge >= 0.3 is 6.09 Å². The summed E-state index contributed by atoms with van der Waals surface area (Å²) in [7, 11) is 0. The zero-order chi connectivity index (χ0) is 11.7. The Balaban J connectivity index is 2.22. The van der Waals surface area contributed by atoms with Crippen LogP contribution >= 0.6 is 11.6 Å². The average molecular weight is 240 g/mol. The smallest absolute Gasteiger partial charge is 0.410 e. The highest BCUT2D eigenvalue weighted by Gasteiger charge is 2.25. The van der Waals surface area contributed by atoms with E-state index in [0.29, 0.717) is 29.8 Å². The van der Waals surface area contributed by atoms with E-state index in [1.807, 2.05) is 6.07 Å². The SMILES string of the molecule is CC(C)CN1Cc2cc(Cl)ccc2OC1=O. The minimum Gasteiger partial charge on any atom is -0.410 e. The number of hydrogen-bond donors (Lipinski definition) is 0. The first-order chi connectivity index (χ1) is 7.56. The Morgan fingerprint density at radius 1 is 1.50 bits per heavy atom. The molecule has 1 amide bonds. The van der Waals surface area contributed by atoms with Crippen LogP contribution in [0.3, 0.4) is 0 Å². The van der Waals surface area contributed by atoms with Crippen LogP contribution in [0.2, 0.25) is 5.02 Å². The molecule has 0 spiro atoms. The van der Waals surface area contributed by atoms with Gasteiger partial charge in [0.05, 0.1) is 6.54 Å². The van der Waals surface area contributed by atoms with Crippen LogP contribution in [0.4, 0.5) is 4.79 Å². The Morgan fingerprint density at radius 3 is 2.94 bits per heavy atom. The van der Waals surface area contributed by atoms with Gasteiger partial charge in [0.1, 0.15) is 5.75 Å². The van der Waals surface area contributed by atoms with Crippen LogP contribution in [0.15, 0.2) is 18.2 Å². The summed E-state index contributed by atoms with van der Waals surface area (Å²) >= 11 is 5.91. The summed E-state index contributed by atoms with van der Waals surface area (Å²) in [6.45, 7) is 5.42. The largest absolute Gasteiger partial charge is 0.415 e. The van der Waals surface area contributed by atoms with E-state index in [1.54, 1.807) is 17.0 Å². The number of halogens is 1. The van der Waals surface area contributed by atoms with Gasteiger partial charge in [0, 0.05) is 17.1 Å².